The Morgan fingerprint density at radius 1 is 1.29 bits per heavy atom. The molecule has 0 bridgehead atoms. The van der Waals surface area contributed by atoms with Gasteiger partial charge in [0, 0.05) is 31.9 Å². The molecular weight excluding hydrogens is 310 g/mol. The molecule has 7 heteroatoms. The number of pyridine rings is 1. The Labute approximate surface area is 129 Å². The molecule has 2 N–H and O–H groups in total. The number of sulfonamides is 1. The first-order valence-electron chi connectivity index (χ1n) is 6.32. The molecule has 0 spiro atoms. The number of anilines is 1. The molecular formula is C14H16ClN3O2S. The summed E-state index contributed by atoms with van der Waals surface area (Å²) in [5.41, 5.74) is 6.75. The Balaban J connectivity index is 2.13. The predicted octanol–water partition coefficient (Wildman–Crippen LogP) is 2.18. The van der Waals surface area contributed by atoms with E-state index in [9.17, 15) is 8.42 Å². The fourth-order valence-corrected chi connectivity index (χ4v) is 3.13. The van der Waals surface area contributed by atoms with E-state index in [0.29, 0.717) is 18.0 Å². The third-order valence-electron chi connectivity index (χ3n) is 3.08. The number of halogens is 1. The zero-order chi connectivity index (χ0) is 15.5. The van der Waals surface area contributed by atoms with Crippen LogP contribution in [0.5, 0.6) is 0 Å². The summed E-state index contributed by atoms with van der Waals surface area (Å²) >= 11 is 5.81. The maximum absolute atomic E-state index is 12.4. The molecule has 1 aromatic carbocycles. The van der Waals surface area contributed by atoms with Gasteiger partial charge >= 0.3 is 0 Å². The Morgan fingerprint density at radius 3 is 2.67 bits per heavy atom. The number of rotatable bonds is 5. The summed E-state index contributed by atoms with van der Waals surface area (Å²) < 4.78 is 26.1. The number of benzene rings is 1. The van der Waals surface area contributed by atoms with Crippen molar-refractivity contribution >= 4 is 27.3 Å². The smallest absolute Gasteiger partial charge is 0.242 e. The van der Waals surface area contributed by atoms with Crippen LogP contribution in [0.25, 0.3) is 0 Å². The SMILES string of the molecule is CN(CCc1ccccn1)S(=O)(=O)c1ccc(Cl)c(N)c1. The minimum atomic E-state index is -3.58. The lowest BCUT2D eigenvalue weighted by atomic mass is 10.3. The van der Waals surface area contributed by atoms with E-state index in [0.717, 1.165) is 5.69 Å². The normalized spacial score (nSPS) is 11.8. The predicted molar refractivity (Wildman–Crippen MR) is 83.6 cm³/mol. The molecule has 0 atom stereocenters. The molecule has 0 aliphatic carbocycles. The van der Waals surface area contributed by atoms with Crippen molar-refractivity contribution in [3.63, 3.8) is 0 Å². The summed E-state index contributed by atoms with van der Waals surface area (Å²) in [5.74, 6) is 0. The molecule has 0 saturated heterocycles. The van der Waals surface area contributed by atoms with E-state index in [2.05, 4.69) is 4.98 Å². The maximum Gasteiger partial charge on any atom is 0.242 e. The second-order valence-electron chi connectivity index (χ2n) is 4.58. The number of nitrogens with two attached hydrogens (primary N) is 1. The molecule has 0 aliphatic heterocycles. The van der Waals surface area contributed by atoms with Gasteiger partial charge in [0.2, 0.25) is 10.0 Å². The van der Waals surface area contributed by atoms with Gasteiger partial charge in [0.05, 0.1) is 15.6 Å². The lowest BCUT2D eigenvalue weighted by Gasteiger charge is -2.17. The van der Waals surface area contributed by atoms with Crippen molar-refractivity contribution in [3.8, 4) is 0 Å². The number of hydrogen-bond donors (Lipinski definition) is 1. The molecule has 1 heterocycles. The molecule has 0 unspecified atom stereocenters. The minimum Gasteiger partial charge on any atom is -0.397 e. The Hall–Kier alpha value is -1.63. The molecule has 112 valence electrons. The number of likely N-dealkylation sites (N-methyl/N-ethyl adjacent to an activating group) is 1. The molecule has 2 rings (SSSR count). The van der Waals surface area contributed by atoms with Crippen LogP contribution in [0, 0.1) is 0 Å². The minimum absolute atomic E-state index is 0.132. The monoisotopic (exact) mass is 325 g/mol. The molecule has 0 amide bonds. The van der Waals surface area contributed by atoms with Crippen LogP contribution in [0.4, 0.5) is 5.69 Å². The van der Waals surface area contributed by atoms with E-state index in [1.165, 1.54) is 29.6 Å². The van der Waals surface area contributed by atoms with Gasteiger partial charge in [0.25, 0.3) is 0 Å². The van der Waals surface area contributed by atoms with E-state index in [-0.39, 0.29) is 10.6 Å². The Kier molecular flexibility index (Phi) is 4.82. The third-order valence-corrected chi connectivity index (χ3v) is 5.28. The quantitative estimate of drug-likeness (QED) is 0.855. The number of aromatic nitrogens is 1. The van der Waals surface area contributed by atoms with Crippen LogP contribution in [0.1, 0.15) is 5.69 Å². The van der Waals surface area contributed by atoms with Crippen LogP contribution >= 0.6 is 11.6 Å². The highest BCUT2D eigenvalue weighted by Crippen LogP contribution is 2.24. The molecule has 0 radical (unpaired) electrons. The Bertz CT molecular complexity index is 720. The van der Waals surface area contributed by atoms with Gasteiger partial charge in [0.1, 0.15) is 0 Å². The average molecular weight is 326 g/mol. The zero-order valence-electron chi connectivity index (χ0n) is 11.5. The fraction of sp³-hybridized carbons (Fsp3) is 0.214. The summed E-state index contributed by atoms with van der Waals surface area (Å²) in [6, 6.07) is 9.86. The lowest BCUT2D eigenvalue weighted by Crippen LogP contribution is -2.29. The molecule has 5 nitrogen and oxygen atoms in total. The molecule has 21 heavy (non-hydrogen) atoms. The van der Waals surface area contributed by atoms with E-state index in [4.69, 9.17) is 17.3 Å². The molecule has 1 aromatic heterocycles. The van der Waals surface area contributed by atoms with Gasteiger partial charge in [0.15, 0.2) is 0 Å². The first-order chi connectivity index (χ1) is 9.91. The highest BCUT2D eigenvalue weighted by Gasteiger charge is 2.21. The summed E-state index contributed by atoms with van der Waals surface area (Å²) in [5, 5.41) is 0.338. The average Bonchev–Trinajstić information content (AvgIpc) is 2.48. The lowest BCUT2D eigenvalue weighted by molar-refractivity contribution is 0.471. The van der Waals surface area contributed by atoms with Crippen LogP contribution in [-0.4, -0.2) is 31.3 Å². The second-order valence-corrected chi connectivity index (χ2v) is 7.03. The van der Waals surface area contributed by atoms with Crippen molar-refractivity contribution in [2.75, 3.05) is 19.3 Å². The molecule has 0 fully saturated rings. The van der Waals surface area contributed by atoms with Crippen molar-refractivity contribution in [1.29, 1.82) is 0 Å². The van der Waals surface area contributed by atoms with Gasteiger partial charge in [-0.25, -0.2) is 12.7 Å². The van der Waals surface area contributed by atoms with Crippen LogP contribution in [0.3, 0.4) is 0 Å². The number of nitrogens with zero attached hydrogens (tertiary/aromatic N) is 2. The van der Waals surface area contributed by atoms with Gasteiger partial charge in [-0.1, -0.05) is 17.7 Å². The van der Waals surface area contributed by atoms with E-state index in [1.54, 1.807) is 6.20 Å². The van der Waals surface area contributed by atoms with Crippen molar-refractivity contribution < 1.29 is 8.42 Å². The van der Waals surface area contributed by atoms with Gasteiger partial charge in [-0.15, -0.1) is 0 Å². The van der Waals surface area contributed by atoms with Crippen molar-refractivity contribution in [2.24, 2.45) is 0 Å². The van der Waals surface area contributed by atoms with Crippen molar-refractivity contribution in [1.82, 2.24) is 9.29 Å². The first-order valence-corrected chi connectivity index (χ1v) is 8.14. The second kappa shape index (κ2) is 6.43. The van der Waals surface area contributed by atoms with Crippen molar-refractivity contribution in [2.45, 2.75) is 11.3 Å². The van der Waals surface area contributed by atoms with Crippen LogP contribution in [-0.2, 0) is 16.4 Å². The summed E-state index contributed by atoms with van der Waals surface area (Å²) in [6.45, 7) is 0.335. The third kappa shape index (κ3) is 3.72. The molecule has 2 aromatic rings. The van der Waals surface area contributed by atoms with Crippen molar-refractivity contribution in [3.05, 3.63) is 53.3 Å². The van der Waals surface area contributed by atoms with Gasteiger partial charge in [-0.05, 0) is 30.3 Å². The summed E-state index contributed by atoms with van der Waals surface area (Å²) in [7, 11) is -2.05. The highest BCUT2D eigenvalue weighted by molar-refractivity contribution is 7.89. The summed E-state index contributed by atoms with van der Waals surface area (Å²) in [6.07, 6.45) is 2.23. The van der Waals surface area contributed by atoms with E-state index >= 15 is 0 Å². The Morgan fingerprint density at radius 2 is 2.05 bits per heavy atom. The molecule has 0 saturated carbocycles. The van der Waals surface area contributed by atoms with Gasteiger partial charge < -0.3 is 5.73 Å². The van der Waals surface area contributed by atoms with E-state index < -0.39 is 10.0 Å². The van der Waals surface area contributed by atoms with Crippen LogP contribution in [0.2, 0.25) is 5.02 Å². The van der Waals surface area contributed by atoms with E-state index in [1.807, 2.05) is 18.2 Å². The highest BCUT2D eigenvalue weighted by atomic mass is 35.5. The van der Waals surface area contributed by atoms with Gasteiger partial charge in [-0.2, -0.15) is 0 Å². The topological polar surface area (TPSA) is 76.3 Å². The van der Waals surface area contributed by atoms with Gasteiger partial charge in [-0.3, -0.25) is 4.98 Å². The number of hydrogen-bond acceptors (Lipinski definition) is 4. The maximum atomic E-state index is 12.4. The fourth-order valence-electron chi connectivity index (χ4n) is 1.80. The first kappa shape index (κ1) is 15.8. The van der Waals surface area contributed by atoms with Crippen LogP contribution < -0.4 is 5.73 Å². The standard InChI is InChI=1S/C14H16ClN3O2S/c1-18(9-7-11-4-2-3-8-17-11)21(19,20)12-5-6-13(15)14(16)10-12/h2-6,8,10H,7,9,16H2,1H3. The molecule has 0 aliphatic rings. The largest absolute Gasteiger partial charge is 0.397 e. The number of nitrogen functional groups attached to an aromatic ring is 1. The zero-order valence-corrected chi connectivity index (χ0v) is 13.1. The summed E-state index contributed by atoms with van der Waals surface area (Å²) in [4.78, 5) is 4.30. The van der Waals surface area contributed by atoms with Crippen LogP contribution in [0.15, 0.2) is 47.5 Å².